The second-order valence-electron chi connectivity index (χ2n) is 5.06. The van der Waals surface area contributed by atoms with Crippen molar-refractivity contribution in [3.63, 3.8) is 0 Å². The predicted molar refractivity (Wildman–Crippen MR) is 71.8 cm³/mol. The number of aryl methyl sites for hydroxylation is 1. The summed E-state index contributed by atoms with van der Waals surface area (Å²) in [6.07, 6.45) is -0.250. The normalized spacial score (nSPS) is 23.0. The lowest BCUT2D eigenvalue weighted by Crippen LogP contribution is -2.47. The molecular weight excluding hydrogens is 282 g/mol. The Balaban J connectivity index is 2.28. The molecule has 0 bridgehead atoms. The monoisotopic (exact) mass is 299 g/mol. The van der Waals surface area contributed by atoms with Gasteiger partial charge < -0.3 is 5.11 Å². The van der Waals surface area contributed by atoms with E-state index in [1.807, 2.05) is 6.92 Å². The van der Waals surface area contributed by atoms with Crippen molar-refractivity contribution in [3.05, 3.63) is 29.8 Å². The van der Waals surface area contributed by atoms with Gasteiger partial charge in [-0.1, -0.05) is 17.7 Å². The van der Waals surface area contributed by atoms with E-state index in [0.29, 0.717) is 12.8 Å². The van der Waals surface area contributed by atoms with Crippen molar-refractivity contribution in [1.29, 1.82) is 0 Å². The lowest BCUT2D eigenvalue weighted by Gasteiger charge is -2.31. The van der Waals surface area contributed by atoms with Crippen LogP contribution in [-0.2, 0) is 14.3 Å². The largest absolute Gasteiger partial charge is 0.465 e. The molecule has 1 aromatic carbocycles. The van der Waals surface area contributed by atoms with Gasteiger partial charge in [0.1, 0.15) is 0 Å². The SMILES string of the molecule is Cc1ccc(S(=O)(=O)OC2(C)CCCN2C(=O)O)cc1. The van der Waals surface area contributed by atoms with Crippen molar-refractivity contribution in [2.45, 2.75) is 37.3 Å². The summed E-state index contributed by atoms with van der Waals surface area (Å²) in [5.41, 5.74) is -0.404. The molecule has 1 aliphatic rings. The highest BCUT2D eigenvalue weighted by Crippen LogP contribution is 2.33. The zero-order valence-electron chi connectivity index (χ0n) is 11.4. The molecule has 0 saturated carbocycles. The van der Waals surface area contributed by atoms with Gasteiger partial charge in [0.25, 0.3) is 10.1 Å². The van der Waals surface area contributed by atoms with Crippen LogP contribution in [0.2, 0.25) is 0 Å². The van der Waals surface area contributed by atoms with Crippen molar-refractivity contribution >= 4 is 16.2 Å². The highest BCUT2D eigenvalue weighted by molar-refractivity contribution is 7.86. The van der Waals surface area contributed by atoms with Crippen molar-refractivity contribution in [2.24, 2.45) is 0 Å². The predicted octanol–water partition coefficient (Wildman–Crippen LogP) is 2.19. The molecule has 1 unspecified atom stereocenters. The number of likely N-dealkylation sites (tertiary alicyclic amines) is 1. The van der Waals surface area contributed by atoms with Gasteiger partial charge in [0.05, 0.1) is 4.90 Å². The second-order valence-corrected chi connectivity index (χ2v) is 6.61. The van der Waals surface area contributed by atoms with Crippen LogP contribution in [0.3, 0.4) is 0 Å². The summed E-state index contributed by atoms with van der Waals surface area (Å²) in [5.74, 6) is 0. The second kappa shape index (κ2) is 5.06. The van der Waals surface area contributed by atoms with Crippen LogP contribution in [0, 0.1) is 6.92 Å². The van der Waals surface area contributed by atoms with Gasteiger partial charge in [-0.2, -0.15) is 8.42 Å². The number of nitrogens with zero attached hydrogens (tertiary/aromatic N) is 1. The molecule has 1 aliphatic heterocycles. The first-order chi connectivity index (χ1) is 9.24. The van der Waals surface area contributed by atoms with Crippen LogP contribution in [0.25, 0.3) is 0 Å². The maximum absolute atomic E-state index is 12.2. The Labute approximate surface area is 118 Å². The molecule has 1 amide bonds. The van der Waals surface area contributed by atoms with Gasteiger partial charge in [0.15, 0.2) is 5.72 Å². The number of hydrogen-bond acceptors (Lipinski definition) is 4. The molecule has 6 nitrogen and oxygen atoms in total. The number of amides is 1. The Hall–Kier alpha value is -1.60. The first-order valence-electron chi connectivity index (χ1n) is 6.27. The van der Waals surface area contributed by atoms with E-state index in [4.69, 9.17) is 9.29 Å². The molecule has 2 rings (SSSR count). The summed E-state index contributed by atoms with van der Waals surface area (Å²) in [7, 11) is -3.99. The lowest BCUT2D eigenvalue weighted by molar-refractivity contribution is -0.0219. The topological polar surface area (TPSA) is 83.9 Å². The van der Waals surface area contributed by atoms with Crippen LogP contribution in [0.1, 0.15) is 25.3 Å². The zero-order chi connectivity index (χ0) is 15.0. The van der Waals surface area contributed by atoms with E-state index < -0.39 is 21.9 Å². The van der Waals surface area contributed by atoms with E-state index in [1.54, 1.807) is 12.1 Å². The molecule has 1 fully saturated rings. The summed E-state index contributed by atoms with van der Waals surface area (Å²) in [6.45, 7) is 3.61. The molecule has 1 heterocycles. The zero-order valence-corrected chi connectivity index (χ0v) is 12.2. The summed E-state index contributed by atoms with van der Waals surface area (Å²) >= 11 is 0. The Morgan fingerprint density at radius 3 is 2.50 bits per heavy atom. The first-order valence-corrected chi connectivity index (χ1v) is 7.68. The quantitative estimate of drug-likeness (QED) is 0.865. The number of carboxylic acid groups (broad SMARTS) is 1. The maximum Gasteiger partial charge on any atom is 0.409 e. The van der Waals surface area contributed by atoms with E-state index in [9.17, 15) is 13.2 Å². The average molecular weight is 299 g/mol. The fourth-order valence-electron chi connectivity index (χ4n) is 2.31. The molecule has 0 spiro atoms. The molecule has 1 N–H and O–H groups in total. The maximum atomic E-state index is 12.2. The van der Waals surface area contributed by atoms with E-state index in [-0.39, 0.29) is 11.4 Å². The third-order valence-corrected chi connectivity index (χ3v) is 4.85. The Bertz CT molecular complexity index is 610. The lowest BCUT2D eigenvalue weighted by atomic mass is 10.2. The van der Waals surface area contributed by atoms with Crippen LogP contribution < -0.4 is 0 Å². The van der Waals surface area contributed by atoms with E-state index in [1.165, 1.54) is 19.1 Å². The van der Waals surface area contributed by atoms with Crippen LogP contribution >= 0.6 is 0 Å². The first kappa shape index (κ1) is 14.8. The molecule has 1 saturated heterocycles. The molecular formula is C13H17NO5S. The molecule has 1 aromatic rings. The molecule has 1 atom stereocenters. The van der Waals surface area contributed by atoms with Gasteiger partial charge in [0.2, 0.25) is 0 Å². The summed E-state index contributed by atoms with van der Waals surface area (Å²) in [6, 6.07) is 6.24. The van der Waals surface area contributed by atoms with Crippen LogP contribution in [0.5, 0.6) is 0 Å². The number of rotatable bonds is 3. The van der Waals surface area contributed by atoms with Gasteiger partial charge in [-0.05, 0) is 38.8 Å². The Kier molecular flexibility index (Phi) is 3.75. The highest BCUT2D eigenvalue weighted by Gasteiger charge is 2.44. The van der Waals surface area contributed by atoms with Gasteiger partial charge in [-0.15, -0.1) is 0 Å². The number of hydrogen-bond donors (Lipinski definition) is 1. The standard InChI is InChI=1S/C13H17NO5S/c1-10-4-6-11(7-5-10)20(17,18)19-13(2)8-3-9-14(13)12(15)16/h4-7H,3,8-9H2,1-2H3,(H,15,16). The number of benzene rings is 1. The minimum Gasteiger partial charge on any atom is -0.465 e. The van der Waals surface area contributed by atoms with Gasteiger partial charge in [0, 0.05) is 6.54 Å². The van der Waals surface area contributed by atoms with Gasteiger partial charge >= 0.3 is 6.09 Å². The average Bonchev–Trinajstić information content (AvgIpc) is 2.70. The minimum atomic E-state index is -3.99. The van der Waals surface area contributed by atoms with Crippen molar-refractivity contribution in [2.75, 3.05) is 6.54 Å². The smallest absolute Gasteiger partial charge is 0.409 e. The Morgan fingerprint density at radius 2 is 1.95 bits per heavy atom. The minimum absolute atomic E-state index is 0.0292. The third-order valence-electron chi connectivity index (χ3n) is 3.42. The fourth-order valence-corrected chi connectivity index (χ4v) is 3.52. The van der Waals surface area contributed by atoms with Crippen molar-refractivity contribution in [3.8, 4) is 0 Å². The summed E-state index contributed by atoms with van der Waals surface area (Å²) in [4.78, 5) is 12.2. The number of carbonyl (C=O) groups is 1. The fraction of sp³-hybridized carbons (Fsp3) is 0.462. The molecule has 7 heteroatoms. The molecule has 0 aliphatic carbocycles. The van der Waals surface area contributed by atoms with Crippen molar-refractivity contribution < 1.29 is 22.5 Å². The van der Waals surface area contributed by atoms with Crippen LogP contribution in [0.4, 0.5) is 4.79 Å². The third kappa shape index (κ3) is 2.78. The van der Waals surface area contributed by atoms with Crippen LogP contribution in [-0.4, -0.2) is 36.8 Å². The van der Waals surface area contributed by atoms with Gasteiger partial charge in [-0.25, -0.2) is 8.98 Å². The van der Waals surface area contributed by atoms with Crippen LogP contribution in [0.15, 0.2) is 29.2 Å². The molecule has 0 radical (unpaired) electrons. The van der Waals surface area contributed by atoms with Gasteiger partial charge in [-0.3, -0.25) is 4.90 Å². The highest BCUT2D eigenvalue weighted by atomic mass is 32.2. The van der Waals surface area contributed by atoms with E-state index in [2.05, 4.69) is 0 Å². The van der Waals surface area contributed by atoms with E-state index >= 15 is 0 Å². The molecule has 20 heavy (non-hydrogen) atoms. The Morgan fingerprint density at radius 1 is 1.35 bits per heavy atom. The van der Waals surface area contributed by atoms with E-state index in [0.717, 1.165) is 10.5 Å². The van der Waals surface area contributed by atoms with Crippen molar-refractivity contribution in [1.82, 2.24) is 4.90 Å². The summed E-state index contributed by atoms with van der Waals surface area (Å²) < 4.78 is 29.7. The summed E-state index contributed by atoms with van der Waals surface area (Å²) in [5, 5.41) is 9.10. The molecule has 0 aromatic heterocycles. The molecule has 110 valence electrons.